The van der Waals surface area contributed by atoms with Crippen LogP contribution < -0.4 is 0 Å². The van der Waals surface area contributed by atoms with Crippen molar-refractivity contribution in [2.45, 2.75) is 12.6 Å². The molecule has 2 fully saturated rings. The molecule has 0 aliphatic carbocycles. The van der Waals surface area contributed by atoms with Crippen LogP contribution in [-0.2, 0) is 20.8 Å². The monoisotopic (exact) mass is 315 g/mol. The van der Waals surface area contributed by atoms with Crippen LogP contribution in [0, 0.1) is 11.3 Å². The summed E-state index contributed by atoms with van der Waals surface area (Å²) in [5.74, 6) is 0.0442. The van der Waals surface area contributed by atoms with E-state index in [-0.39, 0.29) is 5.91 Å². The Hall–Kier alpha value is -1.94. The number of nitrogens with zero attached hydrogens (tertiary/aromatic N) is 3. The van der Waals surface area contributed by atoms with Crippen molar-refractivity contribution in [3.05, 3.63) is 35.4 Å². The number of hydrogen-bond donors (Lipinski definition) is 0. The first-order valence-corrected chi connectivity index (χ1v) is 7.96. The van der Waals surface area contributed by atoms with E-state index in [1.807, 2.05) is 29.2 Å². The number of nitriles is 1. The van der Waals surface area contributed by atoms with Gasteiger partial charge in [-0.2, -0.15) is 5.26 Å². The molecule has 1 aromatic carbocycles. The number of rotatable bonds is 3. The van der Waals surface area contributed by atoms with Crippen molar-refractivity contribution in [3.63, 3.8) is 0 Å². The maximum absolute atomic E-state index is 12.4. The van der Waals surface area contributed by atoms with Crippen molar-refractivity contribution < 1.29 is 14.3 Å². The van der Waals surface area contributed by atoms with E-state index in [0.29, 0.717) is 25.4 Å². The highest BCUT2D eigenvalue weighted by atomic mass is 16.6. The molecule has 1 unspecified atom stereocenters. The molecule has 2 aliphatic heterocycles. The molecule has 1 aromatic rings. The lowest BCUT2D eigenvalue weighted by molar-refractivity contribution is -0.159. The molecule has 122 valence electrons. The number of carbonyl (C=O) groups is 1. The second kappa shape index (κ2) is 7.55. The molecule has 6 heteroatoms. The number of piperazine rings is 1. The highest BCUT2D eigenvalue weighted by Crippen LogP contribution is 2.12. The van der Waals surface area contributed by atoms with Crippen LogP contribution in [0.2, 0.25) is 0 Å². The first-order chi connectivity index (χ1) is 11.3. The van der Waals surface area contributed by atoms with Gasteiger partial charge in [0.2, 0.25) is 0 Å². The molecule has 0 spiro atoms. The van der Waals surface area contributed by atoms with Crippen LogP contribution in [0.25, 0.3) is 0 Å². The van der Waals surface area contributed by atoms with Gasteiger partial charge in [-0.25, -0.2) is 0 Å². The minimum atomic E-state index is -0.436. The van der Waals surface area contributed by atoms with Crippen molar-refractivity contribution in [2.75, 3.05) is 46.0 Å². The molecule has 2 heterocycles. The van der Waals surface area contributed by atoms with Gasteiger partial charge in [0.1, 0.15) is 0 Å². The predicted octanol–water partition coefficient (Wildman–Crippen LogP) is 0.618. The predicted molar refractivity (Wildman–Crippen MR) is 83.6 cm³/mol. The van der Waals surface area contributed by atoms with Crippen LogP contribution in [0.1, 0.15) is 11.1 Å². The topological polar surface area (TPSA) is 65.8 Å². The van der Waals surface area contributed by atoms with Crippen LogP contribution >= 0.6 is 0 Å². The highest BCUT2D eigenvalue weighted by Gasteiger charge is 2.29. The molecule has 23 heavy (non-hydrogen) atoms. The van der Waals surface area contributed by atoms with Crippen molar-refractivity contribution in [1.82, 2.24) is 9.80 Å². The zero-order valence-corrected chi connectivity index (χ0v) is 13.1. The zero-order valence-electron chi connectivity index (χ0n) is 13.1. The van der Waals surface area contributed by atoms with Gasteiger partial charge in [-0.3, -0.25) is 9.69 Å². The number of carbonyl (C=O) groups excluding carboxylic acids is 1. The highest BCUT2D eigenvalue weighted by molar-refractivity contribution is 5.81. The van der Waals surface area contributed by atoms with Gasteiger partial charge in [-0.1, -0.05) is 12.1 Å². The third-order valence-corrected chi connectivity index (χ3v) is 4.26. The van der Waals surface area contributed by atoms with Crippen molar-refractivity contribution in [3.8, 4) is 6.07 Å². The van der Waals surface area contributed by atoms with Gasteiger partial charge >= 0.3 is 0 Å². The molecular weight excluding hydrogens is 294 g/mol. The molecule has 0 bridgehead atoms. The second-order valence-corrected chi connectivity index (χ2v) is 5.84. The maximum Gasteiger partial charge on any atom is 0.254 e. The minimum Gasteiger partial charge on any atom is -0.376 e. The van der Waals surface area contributed by atoms with E-state index < -0.39 is 6.10 Å². The number of ether oxygens (including phenoxy) is 2. The summed E-state index contributed by atoms with van der Waals surface area (Å²) in [6, 6.07) is 9.79. The molecule has 2 saturated heterocycles. The molecule has 3 rings (SSSR count). The van der Waals surface area contributed by atoms with Gasteiger partial charge < -0.3 is 14.4 Å². The molecule has 0 aromatic heterocycles. The Morgan fingerprint density at radius 3 is 2.52 bits per heavy atom. The van der Waals surface area contributed by atoms with E-state index in [2.05, 4.69) is 11.0 Å². The number of amides is 1. The normalized spacial score (nSPS) is 22.6. The van der Waals surface area contributed by atoms with Crippen molar-refractivity contribution in [2.24, 2.45) is 0 Å². The quantitative estimate of drug-likeness (QED) is 0.818. The standard InChI is InChI=1S/C17H21N3O3/c18-11-14-1-3-15(4-2-14)12-19-5-7-20(8-6-19)17(21)16-13-22-9-10-23-16/h1-4,16H,5-10,12-13H2. The third kappa shape index (κ3) is 4.08. The summed E-state index contributed by atoms with van der Waals surface area (Å²) >= 11 is 0. The van der Waals surface area contributed by atoms with Gasteiger partial charge in [0.15, 0.2) is 6.10 Å². The number of hydrogen-bond acceptors (Lipinski definition) is 5. The van der Waals surface area contributed by atoms with E-state index in [1.165, 1.54) is 5.56 Å². The van der Waals surface area contributed by atoms with Gasteiger partial charge in [0.25, 0.3) is 5.91 Å². The van der Waals surface area contributed by atoms with Crippen LogP contribution in [0.4, 0.5) is 0 Å². The lowest BCUT2D eigenvalue weighted by Gasteiger charge is -2.37. The van der Waals surface area contributed by atoms with Crippen LogP contribution in [-0.4, -0.2) is 67.8 Å². The SMILES string of the molecule is N#Cc1ccc(CN2CCN(C(=O)C3COCCO3)CC2)cc1. The van der Waals surface area contributed by atoms with Gasteiger partial charge in [-0.15, -0.1) is 0 Å². The molecule has 2 aliphatic rings. The Bertz CT molecular complexity index is 568. The first kappa shape index (κ1) is 15.9. The van der Waals surface area contributed by atoms with E-state index in [1.54, 1.807) is 0 Å². The average Bonchev–Trinajstić information content (AvgIpc) is 2.63. The van der Waals surface area contributed by atoms with Gasteiger partial charge in [-0.05, 0) is 17.7 Å². The summed E-state index contributed by atoms with van der Waals surface area (Å²) in [6.45, 7) is 5.40. The molecule has 0 radical (unpaired) electrons. The minimum absolute atomic E-state index is 0.0442. The first-order valence-electron chi connectivity index (χ1n) is 7.96. The molecular formula is C17H21N3O3. The Labute approximate surface area is 136 Å². The zero-order chi connectivity index (χ0) is 16.1. The van der Waals surface area contributed by atoms with Crippen molar-refractivity contribution >= 4 is 5.91 Å². The van der Waals surface area contributed by atoms with E-state index in [0.717, 1.165) is 32.7 Å². The molecule has 1 atom stereocenters. The fraction of sp³-hybridized carbons (Fsp3) is 0.529. The summed E-state index contributed by atoms with van der Waals surface area (Å²) in [5.41, 5.74) is 1.87. The average molecular weight is 315 g/mol. The Kier molecular flexibility index (Phi) is 5.23. The smallest absolute Gasteiger partial charge is 0.254 e. The summed E-state index contributed by atoms with van der Waals surface area (Å²) in [5, 5.41) is 8.82. The van der Waals surface area contributed by atoms with Gasteiger partial charge in [0.05, 0.1) is 31.5 Å². The summed E-state index contributed by atoms with van der Waals surface area (Å²) in [7, 11) is 0. The van der Waals surface area contributed by atoms with Crippen molar-refractivity contribution in [1.29, 1.82) is 5.26 Å². The Balaban J connectivity index is 1.47. The van der Waals surface area contributed by atoms with Crippen LogP contribution in [0.3, 0.4) is 0 Å². The third-order valence-electron chi connectivity index (χ3n) is 4.26. The largest absolute Gasteiger partial charge is 0.376 e. The van der Waals surface area contributed by atoms with Crippen LogP contribution in [0.5, 0.6) is 0 Å². The fourth-order valence-corrected chi connectivity index (χ4v) is 2.90. The summed E-state index contributed by atoms with van der Waals surface area (Å²) in [6.07, 6.45) is -0.436. The molecule has 0 saturated carbocycles. The lowest BCUT2D eigenvalue weighted by atomic mass is 10.1. The molecule has 0 N–H and O–H groups in total. The Morgan fingerprint density at radius 2 is 1.91 bits per heavy atom. The fourth-order valence-electron chi connectivity index (χ4n) is 2.90. The van der Waals surface area contributed by atoms with E-state index in [4.69, 9.17) is 14.7 Å². The second-order valence-electron chi connectivity index (χ2n) is 5.84. The van der Waals surface area contributed by atoms with E-state index in [9.17, 15) is 4.79 Å². The number of benzene rings is 1. The Morgan fingerprint density at radius 1 is 1.17 bits per heavy atom. The van der Waals surface area contributed by atoms with E-state index >= 15 is 0 Å². The molecule has 6 nitrogen and oxygen atoms in total. The maximum atomic E-state index is 12.4. The van der Waals surface area contributed by atoms with Crippen LogP contribution in [0.15, 0.2) is 24.3 Å². The lowest BCUT2D eigenvalue weighted by Crippen LogP contribution is -2.53. The summed E-state index contributed by atoms with van der Waals surface area (Å²) in [4.78, 5) is 16.6. The molecule has 1 amide bonds. The summed E-state index contributed by atoms with van der Waals surface area (Å²) < 4.78 is 10.8. The van der Waals surface area contributed by atoms with Gasteiger partial charge in [0, 0.05) is 32.7 Å².